The highest BCUT2D eigenvalue weighted by atomic mass is 32.2. The van der Waals surface area contributed by atoms with Crippen molar-refractivity contribution in [2.24, 2.45) is 0 Å². The van der Waals surface area contributed by atoms with Gasteiger partial charge in [0.2, 0.25) is 5.89 Å². The molecule has 3 rings (SSSR count). The molecule has 1 N–H and O–H groups in total. The number of carbonyl (C=O) groups excluding carboxylic acids is 1. The summed E-state index contributed by atoms with van der Waals surface area (Å²) in [7, 11) is -0.288. The molecule has 0 atom stereocenters. The number of nitrogens with one attached hydrogen (secondary N) is 1. The van der Waals surface area contributed by atoms with Crippen molar-refractivity contribution in [3.63, 3.8) is 0 Å². The molecular formula is C19H19N3O6S. The van der Waals surface area contributed by atoms with Gasteiger partial charge in [-0.2, -0.15) is 0 Å². The van der Waals surface area contributed by atoms with E-state index >= 15 is 0 Å². The average molecular weight is 417 g/mol. The standard InChI is InChI=1S/C19H19N3O6S/c1-4-29(24,25)14-8-5-12(6-9-14)17(23)20-19-22-21-18(28-19)13-7-10-15(26-2)16(11-13)27-3/h5-11H,4H2,1-3H3,(H,20,22,23). The minimum atomic E-state index is -3.33. The summed E-state index contributed by atoms with van der Waals surface area (Å²) in [5.74, 6) is 0.715. The van der Waals surface area contributed by atoms with Crippen molar-refractivity contribution < 1.29 is 27.1 Å². The first-order valence-electron chi connectivity index (χ1n) is 8.58. The van der Waals surface area contributed by atoms with E-state index in [-0.39, 0.29) is 28.1 Å². The van der Waals surface area contributed by atoms with Gasteiger partial charge in [0, 0.05) is 11.1 Å². The monoisotopic (exact) mass is 417 g/mol. The molecule has 1 aromatic heterocycles. The minimum absolute atomic E-state index is 0.0144. The Bertz CT molecular complexity index is 1120. The molecule has 152 valence electrons. The fraction of sp³-hybridized carbons (Fsp3) is 0.211. The number of hydrogen-bond donors (Lipinski definition) is 1. The minimum Gasteiger partial charge on any atom is -0.493 e. The Hall–Kier alpha value is -3.40. The molecule has 3 aromatic rings. The smallest absolute Gasteiger partial charge is 0.322 e. The molecule has 29 heavy (non-hydrogen) atoms. The van der Waals surface area contributed by atoms with Crippen LogP contribution in [0.5, 0.6) is 11.5 Å². The van der Waals surface area contributed by atoms with Crippen LogP contribution in [0.4, 0.5) is 6.01 Å². The maximum absolute atomic E-state index is 12.3. The van der Waals surface area contributed by atoms with Crippen LogP contribution in [-0.2, 0) is 9.84 Å². The topological polar surface area (TPSA) is 121 Å². The van der Waals surface area contributed by atoms with Crippen LogP contribution in [0.2, 0.25) is 0 Å². The lowest BCUT2D eigenvalue weighted by atomic mass is 10.2. The zero-order valence-electron chi connectivity index (χ0n) is 16.0. The first kappa shape index (κ1) is 20.3. The first-order valence-corrected chi connectivity index (χ1v) is 10.2. The zero-order chi connectivity index (χ0) is 21.0. The predicted octanol–water partition coefficient (Wildman–Crippen LogP) is 2.80. The van der Waals surface area contributed by atoms with E-state index in [1.54, 1.807) is 25.1 Å². The van der Waals surface area contributed by atoms with Crippen molar-refractivity contribution in [3.05, 3.63) is 48.0 Å². The maximum Gasteiger partial charge on any atom is 0.322 e. The summed E-state index contributed by atoms with van der Waals surface area (Å²) in [6.07, 6.45) is 0. The maximum atomic E-state index is 12.3. The highest BCUT2D eigenvalue weighted by molar-refractivity contribution is 7.91. The highest BCUT2D eigenvalue weighted by Gasteiger charge is 2.16. The van der Waals surface area contributed by atoms with Gasteiger partial charge in [-0.05, 0) is 42.5 Å². The molecule has 0 bridgehead atoms. The van der Waals surface area contributed by atoms with Gasteiger partial charge in [0.1, 0.15) is 0 Å². The summed E-state index contributed by atoms with van der Waals surface area (Å²) >= 11 is 0. The van der Waals surface area contributed by atoms with E-state index in [0.717, 1.165) is 0 Å². The number of rotatable bonds is 7. The largest absolute Gasteiger partial charge is 0.493 e. The second kappa shape index (κ2) is 8.31. The van der Waals surface area contributed by atoms with Crippen LogP contribution in [0.15, 0.2) is 51.8 Å². The summed E-state index contributed by atoms with van der Waals surface area (Å²) in [5.41, 5.74) is 0.843. The Labute approximate surface area is 167 Å². The van der Waals surface area contributed by atoms with Gasteiger partial charge in [-0.3, -0.25) is 10.1 Å². The second-order valence-corrected chi connectivity index (χ2v) is 8.14. The number of ether oxygens (including phenoxy) is 2. The number of hydrogen-bond acceptors (Lipinski definition) is 8. The third-order valence-corrected chi connectivity index (χ3v) is 5.88. The summed E-state index contributed by atoms with van der Waals surface area (Å²) in [5, 5.41) is 10.2. The fourth-order valence-electron chi connectivity index (χ4n) is 2.51. The lowest BCUT2D eigenvalue weighted by Gasteiger charge is -2.07. The Kier molecular flexibility index (Phi) is 5.83. The van der Waals surface area contributed by atoms with Gasteiger partial charge in [0.15, 0.2) is 21.3 Å². The SMILES string of the molecule is CCS(=O)(=O)c1ccc(C(=O)Nc2nnc(-c3ccc(OC)c(OC)c3)o2)cc1. The average Bonchev–Trinajstić information content (AvgIpc) is 3.21. The fourth-order valence-corrected chi connectivity index (χ4v) is 3.39. The third kappa shape index (κ3) is 4.37. The number of nitrogens with zero attached hydrogens (tertiary/aromatic N) is 2. The molecule has 10 heteroatoms. The van der Waals surface area contributed by atoms with Crippen LogP contribution in [0.25, 0.3) is 11.5 Å². The normalized spacial score (nSPS) is 11.1. The van der Waals surface area contributed by atoms with Gasteiger partial charge in [-0.15, -0.1) is 5.10 Å². The number of aromatic nitrogens is 2. The molecule has 0 fully saturated rings. The molecule has 0 unspecified atom stereocenters. The van der Waals surface area contributed by atoms with Crippen LogP contribution in [0.3, 0.4) is 0 Å². The van der Waals surface area contributed by atoms with Gasteiger partial charge in [-0.25, -0.2) is 8.42 Å². The first-order chi connectivity index (χ1) is 13.9. The lowest BCUT2D eigenvalue weighted by molar-refractivity contribution is 0.102. The molecule has 1 heterocycles. The van der Waals surface area contributed by atoms with Crippen molar-refractivity contribution >= 4 is 21.8 Å². The van der Waals surface area contributed by atoms with Crippen LogP contribution in [-0.4, -0.2) is 44.5 Å². The number of amides is 1. The van der Waals surface area contributed by atoms with Crippen molar-refractivity contribution in [1.29, 1.82) is 0 Å². The predicted molar refractivity (Wildman–Crippen MR) is 105 cm³/mol. The van der Waals surface area contributed by atoms with Crippen molar-refractivity contribution in [1.82, 2.24) is 10.2 Å². The number of methoxy groups -OCH3 is 2. The summed E-state index contributed by atoms with van der Waals surface area (Å²) in [6.45, 7) is 1.56. The molecule has 0 radical (unpaired) electrons. The molecule has 0 aliphatic rings. The van der Waals surface area contributed by atoms with Crippen LogP contribution >= 0.6 is 0 Å². The van der Waals surface area contributed by atoms with E-state index in [4.69, 9.17) is 13.9 Å². The summed E-state index contributed by atoms with van der Waals surface area (Å²) in [6, 6.07) is 10.6. The lowest BCUT2D eigenvalue weighted by Crippen LogP contribution is -2.12. The molecule has 0 aliphatic carbocycles. The quantitative estimate of drug-likeness (QED) is 0.623. The van der Waals surface area contributed by atoms with E-state index in [9.17, 15) is 13.2 Å². The van der Waals surface area contributed by atoms with Gasteiger partial charge in [0.25, 0.3) is 5.91 Å². The van der Waals surface area contributed by atoms with E-state index in [1.165, 1.54) is 38.5 Å². The number of carbonyl (C=O) groups is 1. The summed E-state index contributed by atoms with van der Waals surface area (Å²) < 4.78 is 39.6. The Morgan fingerprint density at radius 1 is 1.03 bits per heavy atom. The van der Waals surface area contributed by atoms with Crippen LogP contribution in [0, 0.1) is 0 Å². The third-order valence-electron chi connectivity index (χ3n) is 4.13. The van der Waals surface area contributed by atoms with Crippen LogP contribution < -0.4 is 14.8 Å². The van der Waals surface area contributed by atoms with E-state index in [2.05, 4.69) is 15.5 Å². The molecule has 0 saturated heterocycles. The van der Waals surface area contributed by atoms with Gasteiger partial charge in [-0.1, -0.05) is 12.0 Å². The molecule has 1 amide bonds. The van der Waals surface area contributed by atoms with Crippen molar-refractivity contribution in [2.45, 2.75) is 11.8 Å². The number of benzene rings is 2. The van der Waals surface area contributed by atoms with E-state index < -0.39 is 15.7 Å². The van der Waals surface area contributed by atoms with Crippen LogP contribution in [0.1, 0.15) is 17.3 Å². The van der Waals surface area contributed by atoms with Gasteiger partial charge >= 0.3 is 6.01 Å². The summed E-state index contributed by atoms with van der Waals surface area (Å²) in [4.78, 5) is 12.5. The van der Waals surface area contributed by atoms with Crippen molar-refractivity contribution in [2.75, 3.05) is 25.3 Å². The molecule has 0 spiro atoms. The van der Waals surface area contributed by atoms with Gasteiger partial charge < -0.3 is 13.9 Å². The number of sulfone groups is 1. The van der Waals surface area contributed by atoms with Crippen molar-refractivity contribution in [3.8, 4) is 23.0 Å². The molecule has 2 aromatic carbocycles. The molecule has 9 nitrogen and oxygen atoms in total. The second-order valence-electron chi connectivity index (χ2n) is 5.86. The van der Waals surface area contributed by atoms with E-state index in [0.29, 0.717) is 17.1 Å². The Morgan fingerprint density at radius 2 is 1.72 bits per heavy atom. The molecule has 0 saturated carbocycles. The Morgan fingerprint density at radius 3 is 2.34 bits per heavy atom. The Balaban J connectivity index is 1.75. The van der Waals surface area contributed by atoms with E-state index in [1.807, 2.05) is 0 Å². The highest BCUT2D eigenvalue weighted by Crippen LogP contribution is 2.32. The zero-order valence-corrected chi connectivity index (χ0v) is 16.8. The molecule has 0 aliphatic heterocycles. The molecular weight excluding hydrogens is 398 g/mol. The van der Waals surface area contributed by atoms with Gasteiger partial charge in [0.05, 0.1) is 24.9 Å². The number of anilines is 1.